The van der Waals surface area contributed by atoms with E-state index in [4.69, 9.17) is 15.2 Å². The van der Waals surface area contributed by atoms with Crippen LogP contribution in [0.15, 0.2) is 98.6 Å². The Balaban J connectivity index is 0.876. The summed E-state index contributed by atoms with van der Waals surface area (Å²) in [6, 6.07) is 17.0. The van der Waals surface area contributed by atoms with Gasteiger partial charge in [-0.25, -0.2) is 35.1 Å². The number of anilines is 2. The summed E-state index contributed by atoms with van der Waals surface area (Å²) in [6.07, 6.45) is 2.81. The Bertz CT molecular complexity index is 2790. The third kappa shape index (κ3) is 14.3. The summed E-state index contributed by atoms with van der Waals surface area (Å²) < 4.78 is 137. The van der Waals surface area contributed by atoms with E-state index in [0.717, 1.165) is 61.6 Å². The molecule has 0 radical (unpaired) electrons. The lowest BCUT2D eigenvalue weighted by Gasteiger charge is -2.72. The number of hydrogen-bond acceptors (Lipinski definition) is 14. The maximum Gasteiger partial charge on any atom is 0.501 e. The van der Waals surface area contributed by atoms with Crippen LogP contribution >= 0.6 is 11.8 Å². The molecule has 3 saturated carbocycles. The van der Waals surface area contributed by atoms with Gasteiger partial charge in [0.1, 0.15) is 4.90 Å². The van der Waals surface area contributed by atoms with Gasteiger partial charge in [-0.05, 0) is 110 Å². The lowest BCUT2D eigenvalue weighted by Crippen LogP contribution is -2.66. The van der Waals surface area contributed by atoms with Gasteiger partial charge in [-0.2, -0.15) is 13.2 Å². The molecule has 16 nitrogen and oxygen atoms in total. The molecule has 5 N–H and O–H groups in total. The number of urea groups is 1. The van der Waals surface area contributed by atoms with Crippen LogP contribution in [0.25, 0.3) is 0 Å². The lowest BCUT2D eigenvalue weighted by atomic mass is 9.32. The Morgan fingerprint density at radius 1 is 0.821 bits per heavy atom. The summed E-state index contributed by atoms with van der Waals surface area (Å²) in [6.45, 7) is 12.8. The van der Waals surface area contributed by atoms with Crippen molar-refractivity contribution >= 4 is 54.9 Å². The minimum absolute atomic E-state index is 0.0464. The number of sulfone groups is 1. The van der Waals surface area contributed by atoms with Gasteiger partial charge in [-0.15, -0.1) is 11.8 Å². The van der Waals surface area contributed by atoms with E-state index in [-0.39, 0.29) is 28.2 Å². The molecule has 2 aliphatic heterocycles. The SMILES string of the molecule is CC1(C)CCC(CN2CCN(c3ccc(C(=O)NS(=O)(=O)c4ccc(N[C@H](CCN5CCN(C(=O)NCCOCCOCCN)CC5)CSc5ccccc5)c(S(=O)(=O)C(F)(F)F)c4)cc3)CC2)=C(C23CC(C(F)F)(C2)C3)C1. The second kappa shape index (κ2) is 25.1. The zero-order valence-corrected chi connectivity index (χ0v) is 46.7. The molecule has 9 rings (SSSR count). The van der Waals surface area contributed by atoms with Gasteiger partial charge < -0.3 is 35.6 Å². The van der Waals surface area contributed by atoms with E-state index < -0.39 is 64.6 Å². The van der Waals surface area contributed by atoms with Crippen molar-refractivity contribution in [3.8, 4) is 0 Å². The number of nitrogens with zero attached hydrogens (tertiary/aromatic N) is 4. The summed E-state index contributed by atoms with van der Waals surface area (Å²) in [7, 11) is -11.1. The topological polar surface area (TPSA) is 196 Å². The van der Waals surface area contributed by atoms with Crippen LogP contribution in [0.1, 0.15) is 69.2 Å². The van der Waals surface area contributed by atoms with Gasteiger partial charge in [-0.3, -0.25) is 14.6 Å². The molecule has 1 atom stereocenters. The number of thioether (sulfide) groups is 1. The Labute approximate surface area is 459 Å². The minimum atomic E-state index is -6.14. The van der Waals surface area contributed by atoms with Gasteiger partial charge in [0.2, 0.25) is 6.43 Å². The third-order valence-corrected chi connectivity index (χ3v) is 19.9. The van der Waals surface area contributed by atoms with E-state index in [9.17, 15) is 48.4 Å². The van der Waals surface area contributed by atoms with Crippen molar-refractivity contribution in [2.75, 3.05) is 121 Å². The zero-order valence-electron chi connectivity index (χ0n) is 44.3. The number of carbonyl (C=O) groups is 2. The highest BCUT2D eigenvalue weighted by Crippen LogP contribution is 2.79. The van der Waals surface area contributed by atoms with Crippen LogP contribution < -0.4 is 26.0 Å². The molecule has 4 aliphatic carbocycles. The normalized spacial score (nSPS) is 22.4. The molecule has 3 aromatic rings. The molecule has 0 unspecified atom stereocenters. The first-order valence-corrected chi connectivity index (χ1v) is 30.6. The molecule has 2 saturated heterocycles. The average Bonchev–Trinajstić information content (AvgIpc) is 1.65. The van der Waals surface area contributed by atoms with Crippen molar-refractivity contribution < 1.29 is 57.9 Å². The number of carbonyl (C=O) groups excluding carboxylic acids is 2. The first kappa shape index (κ1) is 59.6. The minimum Gasteiger partial charge on any atom is -0.380 e. The highest BCUT2D eigenvalue weighted by molar-refractivity contribution is 7.99. The van der Waals surface area contributed by atoms with Crippen LogP contribution in [0.3, 0.4) is 0 Å². The highest BCUT2D eigenvalue weighted by Gasteiger charge is 2.73. The van der Waals surface area contributed by atoms with Crippen LogP contribution in [-0.4, -0.2) is 172 Å². The van der Waals surface area contributed by atoms with Gasteiger partial charge in [0, 0.05) is 112 Å². The average molecular weight is 1150 g/mol. The summed E-state index contributed by atoms with van der Waals surface area (Å²) in [5, 5.41) is 5.83. The van der Waals surface area contributed by atoms with Crippen molar-refractivity contribution in [2.24, 2.45) is 22.0 Å². The van der Waals surface area contributed by atoms with Gasteiger partial charge in [0.15, 0.2) is 0 Å². The van der Waals surface area contributed by atoms with E-state index in [0.29, 0.717) is 117 Å². The highest BCUT2D eigenvalue weighted by atomic mass is 32.2. The first-order valence-electron chi connectivity index (χ1n) is 26.7. The molecule has 2 bridgehead atoms. The number of halogens is 5. The molecule has 430 valence electrons. The molecule has 5 fully saturated rings. The van der Waals surface area contributed by atoms with Crippen LogP contribution in [0, 0.1) is 16.2 Å². The monoisotopic (exact) mass is 1150 g/mol. The predicted molar refractivity (Wildman–Crippen MR) is 290 cm³/mol. The maximum atomic E-state index is 14.4. The van der Waals surface area contributed by atoms with Gasteiger partial charge in [0.25, 0.3) is 25.8 Å². The zero-order chi connectivity index (χ0) is 55.9. The van der Waals surface area contributed by atoms with Crippen molar-refractivity contribution in [3.05, 3.63) is 89.5 Å². The molecule has 0 spiro atoms. The molecular formula is C54H73F5N8O8S3. The number of nitrogens with one attached hydrogen (secondary N) is 3. The van der Waals surface area contributed by atoms with Crippen molar-refractivity contribution in [3.63, 3.8) is 0 Å². The molecule has 6 aliphatic rings. The second-order valence-electron chi connectivity index (χ2n) is 22.1. The Kier molecular flexibility index (Phi) is 19.1. The number of hydrogen-bond donors (Lipinski definition) is 4. The largest absolute Gasteiger partial charge is 0.501 e. The first-order chi connectivity index (χ1) is 37.0. The Morgan fingerprint density at radius 3 is 2.12 bits per heavy atom. The van der Waals surface area contributed by atoms with E-state index in [1.807, 2.05) is 35.1 Å². The van der Waals surface area contributed by atoms with Crippen molar-refractivity contribution in [2.45, 2.75) is 91.5 Å². The summed E-state index contributed by atoms with van der Waals surface area (Å²) in [5.74, 6) is -0.778. The fourth-order valence-corrected chi connectivity index (χ4v) is 14.5. The third-order valence-electron chi connectivity index (χ3n) is 15.9. The molecule has 3 aromatic carbocycles. The Morgan fingerprint density at radius 2 is 1.47 bits per heavy atom. The number of benzene rings is 3. The number of rotatable bonds is 25. The van der Waals surface area contributed by atoms with Crippen LogP contribution in [0.5, 0.6) is 0 Å². The predicted octanol–water partition coefficient (Wildman–Crippen LogP) is 7.44. The number of alkyl halides is 5. The molecule has 2 heterocycles. The van der Waals surface area contributed by atoms with E-state index in [1.165, 1.54) is 35.0 Å². The van der Waals surface area contributed by atoms with Crippen molar-refractivity contribution in [1.82, 2.24) is 24.7 Å². The van der Waals surface area contributed by atoms with E-state index in [1.54, 1.807) is 17.0 Å². The maximum absolute atomic E-state index is 14.4. The summed E-state index contributed by atoms with van der Waals surface area (Å²) in [4.78, 5) is 33.3. The van der Waals surface area contributed by atoms with Crippen molar-refractivity contribution in [1.29, 1.82) is 0 Å². The van der Waals surface area contributed by atoms with Gasteiger partial charge >= 0.3 is 11.5 Å². The smallest absolute Gasteiger partial charge is 0.380 e. The lowest BCUT2D eigenvalue weighted by molar-refractivity contribution is -0.250. The van der Waals surface area contributed by atoms with Gasteiger partial charge in [-0.1, -0.05) is 43.2 Å². The second-order valence-corrected chi connectivity index (χ2v) is 26.8. The fraction of sp³-hybridized carbons (Fsp3) is 0.593. The number of sulfonamides is 1. The van der Waals surface area contributed by atoms with E-state index in [2.05, 4.69) is 39.2 Å². The van der Waals surface area contributed by atoms with Crippen LogP contribution in [0.4, 0.5) is 38.1 Å². The molecular weight excluding hydrogens is 1080 g/mol. The standard InChI is InChI=1S/C54H73F5N8O8S3/c1-51(2)16-14-40(45(33-51)52-36-53(37-52,38-52)49(55)56)34-65-22-24-66(25-23-65)42-10-8-39(9-11-42)48(68)63-78(72,73)44-12-13-46(47(32-44)77(70,71)54(57,58)59)62-41(35-76-43-6-4-3-5-7-43)15-19-64-20-26-67(27-21-64)50(69)61-18-29-75-31-30-74-28-17-60/h3-13,32,41,49,62H,14-31,33-38,60H2,1-2H3,(H,61,69)(H,63,68)/t41-,52?,53?/m1/s1. The quantitative estimate of drug-likeness (QED) is 0.0283. The molecule has 3 amide bonds. The number of piperazine rings is 2. The molecule has 78 heavy (non-hydrogen) atoms. The number of allylic oxidation sites excluding steroid dienone is 1. The van der Waals surface area contributed by atoms with Crippen LogP contribution in [0.2, 0.25) is 0 Å². The fourth-order valence-electron chi connectivity index (χ4n) is 11.5. The summed E-state index contributed by atoms with van der Waals surface area (Å²) >= 11 is 1.40. The number of ether oxygens (including phenoxy) is 2. The van der Waals surface area contributed by atoms with Crippen LogP contribution in [-0.2, 0) is 29.3 Å². The number of amides is 3. The Hall–Kier alpha value is -4.56. The van der Waals surface area contributed by atoms with Gasteiger partial charge in [0.05, 0.1) is 37.0 Å². The molecule has 0 aromatic heterocycles. The number of nitrogens with two attached hydrogens (primary N) is 1. The summed E-state index contributed by atoms with van der Waals surface area (Å²) in [5.41, 5.74) is 2.00. The molecule has 24 heteroatoms. The van der Waals surface area contributed by atoms with E-state index >= 15 is 0 Å².